The van der Waals surface area contributed by atoms with Crippen molar-refractivity contribution in [1.29, 1.82) is 0 Å². The summed E-state index contributed by atoms with van der Waals surface area (Å²) in [6.45, 7) is 7.33. The summed E-state index contributed by atoms with van der Waals surface area (Å²) in [6, 6.07) is 8.75. The lowest BCUT2D eigenvalue weighted by Crippen LogP contribution is -2.44. The van der Waals surface area contributed by atoms with E-state index in [1.807, 2.05) is 44.2 Å². The van der Waals surface area contributed by atoms with Crippen molar-refractivity contribution in [2.24, 2.45) is 7.05 Å². The number of rotatable bonds is 5. The minimum atomic E-state index is -0.647. The van der Waals surface area contributed by atoms with Crippen LogP contribution in [0.1, 0.15) is 26.5 Å². The maximum atomic E-state index is 12.8. The summed E-state index contributed by atoms with van der Waals surface area (Å²) >= 11 is 0. The lowest BCUT2D eigenvalue weighted by atomic mass is 10.3. The Morgan fingerprint density at radius 1 is 1.24 bits per heavy atom. The van der Waals surface area contributed by atoms with Gasteiger partial charge in [-0.15, -0.1) is 0 Å². The number of nitrogens with one attached hydrogen (secondary N) is 1. The highest BCUT2D eigenvalue weighted by atomic mass is 16.3. The third kappa shape index (κ3) is 3.93. The molecule has 0 saturated carbocycles. The molecule has 0 radical (unpaired) electrons. The molecule has 0 aliphatic heterocycles. The minimum absolute atomic E-state index is 0.102. The smallest absolute Gasteiger partial charge is 0.322 e. The van der Waals surface area contributed by atoms with Crippen LogP contribution in [0.4, 0.5) is 10.5 Å². The van der Waals surface area contributed by atoms with E-state index < -0.39 is 12.1 Å². The monoisotopic (exact) mass is 346 g/mol. The van der Waals surface area contributed by atoms with Crippen LogP contribution in [0.3, 0.4) is 0 Å². The zero-order valence-electron chi connectivity index (χ0n) is 15.4. The second kappa shape index (κ2) is 7.57. The Hall–Kier alpha value is -2.54. The average Bonchev–Trinajstić information content (AvgIpc) is 2.76. The molecule has 0 saturated heterocycles. The van der Waals surface area contributed by atoms with Gasteiger partial charge in [0.15, 0.2) is 0 Å². The molecule has 1 aromatic carbocycles. The van der Waals surface area contributed by atoms with Crippen molar-refractivity contribution in [3.05, 3.63) is 46.4 Å². The molecule has 2 rings (SSSR count). The molecule has 0 aliphatic carbocycles. The number of anilines is 1. The molecular formula is C18H26N4O3. The minimum Gasteiger partial charge on any atom is -0.392 e. The van der Waals surface area contributed by atoms with Gasteiger partial charge in [-0.25, -0.2) is 9.48 Å². The summed E-state index contributed by atoms with van der Waals surface area (Å²) in [6.07, 6.45) is -0.647. The summed E-state index contributed by atoms with van der Waals surface area (Å²) in [7, 11) is 1.77. The van der Waals surface area contributed by atoms with E-state index in [0.717, 1.165) is 5.69 Å². The van der Waals surface area contributed by atoms with Crippen LogP contribution in [-0.4, -0.2) is 44.1 Å². The van der Waals surface area contributed by atoms with Gasteiger partial charge in [0.05, 0.1) is 17.5 Å². The lowest BCUT2D eigenvalue weighted by molar-refractivity contribution is 0.125. The summed E-state index contributed by atoms with van der Waals surface area (Å²) in [5.41, 5.74) is 1.33. The molecule has 7 nitrogen and oxygen atoms in total. The molecule has 1 heterocycles. The second-order valence-electron chi connectivity index (χ2n) is 6.46. The number of aliphatic hydroxyl groups excluding tert-OH is 1. The quantitative estimate of drug-likeness (QED) is 0.870. The third-order valence-corrected chi connectivity index (χ3v) is 4.13. The second-order valence-corrected chi connectivity index (χ2v) is 6.46. The average molecular weight is 346 g/mol. The van der Waals surface area contributed by atoms with Crippen LogP contribution >= 0.6 is 0 Å². The molecule has 1 aromatic heterocycles. The van der Waals surface area contributed by atoms with Crippen molar-refractivity contribution in [3.8, 4) is 5.69 Å². The van der Waals surface area contributed by atoms with Crippen molar-refractivity contribution in [2.75, 3.05) is 11.9 Å². The number of nitrogens with zero attached hydrogens (tertiary/aromatic N) is 3. The topological polar surface area (TPSA) is 79.5 Å². The number of aliphatic hydroxyl groups is 1. The molecule has 0 aliphatic rings. The maximum Gasteiger partial charge on any atom is 0.322 e. The highest BCUT2D eigenvalue weighted by Gasteiger charge is 2.23. The number of carbonyl (C=O) groups excluding carboxylic acids is 1. The first-order chi connectivity index (χ1) is 11.7. The van der Waals surface area contributed by atoms with E-state index in [2.05, 4.69) is 5.32 Å². The first-order valence-corrected chi connectivity index (χ1v) is 8.33. The molecule has 2 amide bonds. The van der Waals surface area contributed by atoms with Gasteiger partial charge in [-0.3, -0.25) is 9.48 Å². The first-order valence-electron chi connectivity index (χ1n) is 8.33. The van der Waals surface area contributed by atoms with Crippen LogP contribution in [0.2, 0.25) is 0 Å². The molecule has 136 valence electrons. The van der Waals surface area contributed by atoms with Crippen molar-refractivity contribution in [2.45, 2.75) is 39.8 Å². The number of amides is 2. The molecular weight excluding hydrogens is 320 g/mol. The van der Waals surface area contributed by atoms with Crippen LogP contribution in [0.5, 0.6) is 0 Å². The molecule has 25 heavy (non-hydrogen) atoms. The molecule has 2 aromatic rings. The van der Waals surface area contributed by atoms with Crippen molar-refractivity contribution in [1.82, 2.24) is 14.3 Å². The molecule has 1 atom stereocenters. The molecule has 1 unspecified atom stereocenters. The fraction of sp³-hybridized carbons (Fsp3) is 0.444. The standard InChI is InChI=1S/C18H26N4O3/c1-12(2)21(11-13(3)23)18(25)19-16-14(4)20(5)22(17(16)24)15-9-7-6-8-10-15/h6-10,12-13,23H,11H2,1-5H3,(H,19,25). The van der Waals surface area contributed by atoms with Gasteiger partial charge in [-0.2, -0.15) is 0 Å². The zero-order chi connectivity index (χ0) is 18.7. The highest BCUT2D eigenvalue weighted by molar-refractivity contribution is 5.90. The number of hydrogen-bond acceptors (Lipinski definition) is 3. The Morgan fingerprint density at radius 2 is 1.84 bits per heavy atom. The van der Waals surface area contributed by atoms with Crippen LogP contribution in [0.15, 0.2) is 35.1 Å². The number of benzene rings is 1. The molecule has 0 spiro atoms. The predicted molar refractivity (Wildman–Crippen MR) is 98.3 cm³/mol. The Kier molecular flexibility index (Phi) is 5.69. The van der Waals surface area contributed by atoms with E-state index in [9.17, 15) is 14.7 Å². The van der Waals surface area contributed by atoms with Gasteiger partial charge in [-0.1, -0.05) is 18.2 Å². The van der Waals surface area contributed by atoms with Crippen LogP contribution in [-0.2, 0) is 7.05 Å². The number of urea groups is 1. The van der Waals surface area contributed by atoms with Gasteiger partial charge in [0.25, 0.3) is 5.56 Å². The van der Waals surface area contributed by atoms with Crippen molar-refractivity contribution in [3.63, 3.8) is 0 Å². The van der Waals surface area contributed by atoms with Gasteiger partial charge < -0.3 is 15.3 Å². The lowest BCUT2D eigenvalue weighted by Gasteiger charge is -2.27. The van der Waals surface area contributed by atoms with E-state index >= 15 is 0 Å². The third-order valence-electron chi connectivity index (χ3n) is 4.13. The highest BCUT2D eigenvalue weighted by Crippen LogP contribution is 2.15. The number of carbonyl (C=O) groups is 1. The first kappa shape index (κ1) is 18.8. The van der Waals surface area contributed by atoms with Gasteiger partial charge >= 0.3 is 6.03 Å². The van der Waals surface area contributed by atoms with E-state index in [-0.39, 0.29) is 23.8 Å². The molecule has 0 fully saturated rings. The number of para-hydroxylation sites is 1. The Bertz CT molecular complexity index is 791. The fourth-order valence-corrected chi connectivity index (χ4v) is 2.70. The normalized spacial score (nSPS) is 12.3. The van der Waals surface area contributed by atoms with E-state index in [4.69, 9.17) is 0 Å². The van der Waals surface area contributed by atoms with E-state index in [0.29, 0.717) is 5.69 Å². The summed E-state index contributed by atoms with van der Waals surface area (Å²) < 4.78 is 3.22. The van der Waals surface area contributed by atoms with E-state index in [1.165, 1.54) is 9.58 Å². The maximum absolute atomic E-state index is 12.8. The molecule has 0 bridgehead atoms. The van der Waals surface area contributed by atoms with Crippen LogP contribution in [0, 0.1) is 6.92 Å². The Labute approximate surface area is 147 Å². The number of hydrogen-bond donors (Lipinski definition) is 2. The largest absolute Gasteiger partial charge is 0.392 e. The van der Waals surface area contributed by atoms with Gasteiger partial charge in [-0.05, 0) is 39.8 Å². The van der Waals surface area contributed by atoms with Crippen molar-refractivity contribution < 1.29 is 9.90 Å². The zero-order valence-corrected chi connectivity index (χ0v) is 15.4. The Balaban J connectivity index is 2.38. The molecule has 2 N–H and O–H groups in total. The Morgan fingerprint density at radius 3 is 2.36 bits per heavy atom. The number of aromatic nitrogens is 2. The summed E-state index contributed by atoms with van der Waals surface area (Å²) in [4.78, 5) is 26.9. The van der Waals surface area contributed by atoms with Gasteiger partial charge in [0, 0.05) is 19.6 Å². The SMILES string of the molecule is Cc1c(NC(=O)N(CC(C)O)C(C)C)c(=O)n(-c2ccccc2)n1C. The molecule has 7 heteroatoms. The van der Waals surface area contributed by atoms with Gasteiger partial charge in [0.1, 0.15) is 5.69 Å². The predicted octanol–water partition coefficient (Wildman–Crippen LogP) is 2.11. The fourth-order valence-electron chi connectivity index (χ4n) is 2.70. The van der Waals surface area contributed by atoms with Crippen molar-refractivity contribution >= 4 is 11.7 Å². The summed E-state index contributed by atoms with van der Waals surface area (Å²) in [5, 5.41) is 12.3. The van der Waals surface area contributed by atoms with Crippen LogP contribution in [0.25, 0.3) is 5.69 Å². The summed E-state index contributed by atoms with van der Waals surface area (Å²) in [5.74, 6) is 0. The van der Waals surface area contributed by atoms with Gasteiger partial charge in [0.2, 0.25) is 0 Å². The van der Waals surface area contributed by atoms with Crippen LogP contribution < -0.4 is 10.9 Å². The van der Waals surface area contributed by atoms with E-state index in [1.54, 1.807) is 25.6 Å².